The number of rotatable bonds is 6. The maximum atomic E-state index is 5.11. The number of furan rings is 1. The van der Waals surface area contributed by atoms with E-state index < -0.39 is 0 Å². The lowest BCUT2D eigenvalue weighted by molar-refractivity contribution is 0.563. The first-order valence-electron chi connectivity index (χ1n) is 6.96. The van der Waals surface area contributed by atoms with Crippen LogP contribution in [0.3, 0.4) is 0 Å². The van der Waals surface area contributed by atoms with Crippen LogP contribution in [-0.2, 0) is 13.1 Å². The summed E-state index contributed by atoms with van der Waals surface area (Å²) in [6.07, 6.45) is 6.15. The fraction of sp³-hybridized carbons (Fsp3) is 0.375. The van der Waals surface area contributed by atoms with Gasteiger partial charge in [0.2, 0.25) is 0 Å². The Morgan fingerprint density at radius 3 is 2.85 bits per heavy atom. The number of hydrogen-bond donors (Lipinski definition) is 1. The highest BCUT2D eigenvalue weighted by Crippen LogP contribution is 2.26. The van der Waals surface area contributed by atoms with Crippen LogP contribution in [0.2, 0.25) is 0 Å². The second kappa shape index (κ2) is 6.02. The molecule has 106 valence electrons. The number of halogens is 1. The van der Waals surface area contributed by atoms with Crippen LogP contribution in [0.4, 0.5) is 5.69 Å². The first-order chi connectivity index (χ1) is 9.72. The van der Waals surface area contributed by atoms with E-state index in [2.05, 4.69) is 51.4 Å². The molecule has 2 aromatic rings. The Hall–Kier alpha value is -1.26. The molecule has 1 aromatic carbocycles. The molecule has 0 atom stereocenters. The number of hydrogen-bond acceptors (Lipinski definition) is 3. The number of nitrogens with zero attached hydrogens (tertiary/aromatic N) is 1. The summed E-state index contributed by atoms with van der Waals surface area (Å²) >= 11 is 3.68. The average molecular weight is 335 g/mol. The van der Waals surface area contributed by atoms with Gasteiger partial charge in [-0.15, -0.1) is 0 Å². The summed E-state index contributed by atoms with van der Waals surface area (Å²) in [6, 6.07) is 9.30. The lowest BCUT2D eigenvalue weighted by Gasteiger charge is -2.19. The third-order valence-corrected chi connectivity index (χ3v) is 4.37. The van der Waals surface area contributed by atoms with Crippen molar-refractivity contribution in [2.75, 3.05) is 11.9 Å². The molecule has 0 amide bonds. The van der Waals surface area contributed by atoms with Crippen LogP contribution < -0.4 is 10.2 Å². The predicted octanol–water partition coefficient (Wildman–Crippen LogP) is 3.93. The SMILES string of the molecule is CN(Cc1ccoc1)c1ccc(CNC2CC2)c(Br)c1. The van der Waals surface area contributed by atoms with Crippen LogP contribution in [0.15, 0.2) is 45.7 Å². The summed E-state index contributed by atoms with van der Waals surface area (Å²) in [6.45, 7) is 1.79. The molecule has 1 aromatic heterocycles. The van der Waals surface area contributed by atoms with Crippen LogP contribution in [0.5, 0.6) is 0 Å². The van der Waals surface area contributed by atoms with Crippen molar-refractivity contribution in [3.63, 3.8) is 0 Å². The topological polar surface area (TPSA) is 28.4 Å². The molecule has 3 nitrogen and oxygen atoms in total. The molecular weight excluding hydrogens is 316 g/mol. The van der Waals surface area contributed by atoms with E-state index in [-0.39, 0.29) is 0 Å². The van der Waals surface area contributed by atoms with Gasteiger partial charge in [-0.1, -0.05) is 22.0 Å². The highest BCUT2D eigenvalue weighted by molar-refractivity contribution is 9.10. The molecule has 0 unspecified atom stereocenters. The van der Waals surface area contributed by atoms with Gasteiger partial charge in [-0.05, 0) is 36.6 Å². The van der Waals surface area contributed by atoms with Crippen molar-refractivity contribution in [2.45, 2.75) is 32.0 Å². The monoisotopic (exact) mass is 334 g/mol. The second-order valence-corrected chi connectivity index (χ2v) is 6.27. The van der Waals surface area contributed by atoms with Gasteiger partial charge >= 0.3 is 0 Å². The van der Waals surface area contributed by atoms with E-state index in [0.29, 0.717) is 0 Å². The Morgan fingerprint density at radius 1 is 1.35 bits per heavy atom. The van der Waals surface area contributed by atoms with Crippen molar-refractivity contribution in [3.8, 4) is 0 Å². The van der Waals surface area contributed by atoms with E-state index in [4.69, 9.17) is 4.42 Å². The second-order valence-electron chi connectivity index (χ2n) is 5.42. The zero-order valence-electron chi connectivity index (χ0n) is 11.6. The number of nitrogens with one attached hydrogen (secondary N) is 1. The minimum Gasteiger partial charge on any atom is -0.472 e. The molecular formula is C16H19BrN2O. The molecule has 0 saturated heterocycles. The van der Waals surface area contributed by atoms with Crippen molar-refractivity contribution >= 4 is 21.6 Å². The van der Waals surface area contributed by atoms with E-state index >= 15 is 0 Å². The van der Waals surface area contributed by atoms with Gasteiger partial charge in [0.25, 0.3) is 0 Å². The van der Waals surface area contributed by atoms with Crippen molar-refractivity contribution in [1.82, 2.24) is 5.32 Å². The minimum atomic E-state index is 0.741. The zero-order valence-corrected chi connectivity index (χ0v) is 13.2. The van der Waals surface area contributed by atoms with Crippen LogP contribution in [-0.4, -0.2) is 13.1 Å². The lowest BCUT2D eigenvalue weighted by atomic mass is 10.2. The number of anilines is 1. The summed E-state index contributed by atoms with van der Waals surface area (Å²) in [7, 11) is 2.09. The quantitative estimate of drug-likeness (QED) is 0.867. The molecule has 1 fully saturated rings. The predicted molar refractivity (Wildman–Crippen MR) is 84.8 cm³/mol. The largest absolute Gasteiger partial charge is 0.472 e. The summed E-state index contributed by atoms with van der Waals surface area (Å²) in [5.41, 5.74) is 3.70. The Bertz CT molecular complexity index is 564. The fourth-order valence-electron chi connectivity index (χ4n) is 2.21. The van der Waals surface area contributed by atoms with Gasteiger partial charge in [-0.25, -0.2) is 0 Å². The molecule has 20 heavy (non-hydrogen) atoms. The molecule has 1 aliphatic carbocycles. The van der Waals surface area contributed by atoms with Gasteiger partial charge in [0.1, 0.15) is 0 Å². The first-order valence-corrected chi connectivity index (χ1v) is 7.75. The molecule has 0 aliphatic heterocycles. The van der Waals surface area contributed by atoms with E-state index in [1.54, 1.807) is 12.5 Å². The van der Waals surface area contributed by atoms with E-state index in [9.17, 15) is 0 Å². The fourth-order valence-corrected chi connectivity index (χ4v) is 2.71. The van der Waals surface area contributed by atoms with Gasteiger partial charge in [0.05, 0.1) is 12.5 Å². The van der Waals surface area contributed by atoms with Gasteiger partial charge in [0.15, 0.2) is 0 Å². The van der Waals surface area contributed by atoms with E-state index in [1.165, 1.54) is 34.1 Å². The molecule has 1 N–H and O–H groups in total. The Balaban J connectivity index is 1.65. The van der Waals surface area contributed by atoms with Gasteiger partial charge in [0, 0.05) is 41.9 Å². The van der Waals surface area contributed by atoms with Crippen molar-refractivity contribution in [2.24, 2.45) is 0 Å². The molecule has 1 heterocycles. The third-order valence-electron chi connectivity index (χ3n) is 3.64. The Morgan fingerprint density at radius 2 is 2.20 bits per heavy atom. The molecule has 4 heteroatoms. The molecule has 1 saturated carbocycles. The maximum absolute atomic E-state index is 5.11. The Kier molecular flexibility index (Phi) is 4.13. The Labute approximate surface area is 128 Å². The normalized spacial score (nSPS) is 14.5. The van der Waals surface area contributed by atoms with Crippen LogP contribution in [0, 0.1) is 0 Å². The molecule has 0 bridgehead atoms. The van der Waals surface area contributed by atoms with Gasteiger partial charge in [-0.3, -0.25) is 0 Å². The maximum Gasteiger partial charge on any atom is 0.0952 e. The third kappa shape index (κ3) is 3.44. The van der Waals surface area contributed by atoms with Crippen molar-refractivity contribution < 1.29 is 4.42 Å². The average Bonchev–Trinajstić information content (AvgIpc) is 3.13. The van der Waals surface area contributed by atoms with Crippen LogP contribution >= 0.6 is 15.9 Å². The van der Waals surface area contributed by atoms with E-state index in [1.807, 2.05) is 6.07 Å². The van der Waals surface area contributed by atoms with Crippen molar-refractivity contribution in [1.29, 1.82) is 0 Å². The van der Waals surface area contributed by atoms with Crippen LogP contribution in [0.1, 0.15) is 24.0 Å². The highest BCUT2D eigenvalue weighted by atomic mass is 79.9. The minimum absolute atomic E-state index is 0.741. The standard InChI is InChI=1S/C16H19BrN2O/c1-19(10-12-6-7-20-11-12)15-5-2-13(16(17)8-15)9-18-14-3-4-14/h2,5-8,11,14,18H,3-4,9-10H2,1H3. The van der Waals surface area contributed by atoms with Crippen LogP contribution in [0.25, 0.3) is 0 Å². The van der Waals surface area contributed by atoms with Gasteiger partial charge in [-0.2, -0.15) is 0 Å². The summed E-state index contributed by atoms with van der Waals surface area (Å²) < 4.78 is 6.28. The molecule has 0 radical (unpaired) electrons. The highest BCUT2D eigenvalue weighted by Gasteiger charge is 2.20. The van der Waals surface area contributed by atoms with E-state index in [0.717, 1.165) is 19.1 Å². The zero-order chi connectivity index (χ0) is 13.9. The van der Waals surface area contributed by atoms with Crippen molar-refractivity contribution in [3.05, 3.63) is 52.4 Å². The first kappa shape index (κ1) is 13.7. The summed E-state index contributed by atoms with van der Waals surface area (Å²) in [5, 5.41) is 3.54. The number of benzene rings is 1. The van der Waals surface area contributed by atoms with Gasteiger partial charge < -0.3 is 14.6 Å². The smallest absolute Gasteiger partial charge is 0.0952 e. The molecule has 3 rings (SSSR count). The summed E-state index contributed by atoms with van der Waals surface area (Å²) in [4.78, 5) is 2.22. The molecule has 0 spiro atoms. The lowest BCUT2D eigenvalue weighted by Crippen LogP contribution is -2.17. The summed E-state index contributed by atoms with van der Waals surface area (Å²) in [5.74, 6) is 0. The molecule has 1 aliphatic rings.